The number of aromatic nitrogens is 2. The fourth-order valence-corrected chi connectivity index (χ4v) is 8.84. The first-order valence-electron chi connectivity index (χ1n) is 18.0. The number of ether oxygens (including phenoxy) is 1. The molecular formula is C39H38FN7O7S. The van der Waals surface area contributed by atoms with Crippen LogP contribution in [0.15, 0.2) is 72.8 Å². The molecule has 8 rings (SSSR count). The maximum atomic E-state index is 16.2. The van der Waals surface area contributed by atoms with Gasteiger partial charge < -0.3 is 15.0 Å². The van der Waals surface area contributed by atoms with Gasteiger partial charge in [0.25, 0.3) is 5.91 Å². The first-order valence-corrected chi connectivity index (χ1v) is 19.5. The number of anilines is 3. The lowest BCUT2D eigenvalue weighted by atomic mass is 9.92. The number of hydrogen-bond acceptors (Lipinski definition) is 9. The number of imide groups is 1. The SMILES string of the molecule is Cn1nc([C@H]2CCC(=O)NC2=O)c2ccc(N3CCC(CC(=O)Nc4ccc5c(F)c(N6CC(=O)NS6(=O)=O)c(OCc6ccccc6)cc5c4)CC3)cc21. The second kappa shape index (κ2) is 14.3. The van der Waals surface area contributed by atoms with Crippen LogP contribution in [0.25, 0.3) is 21.7 Å². The van der Waals surface area contributed by atoms with Gasteiger partial charge in [-0.2, -0.15) is 13.5 Å². The number of amides is 4. The molecule has 3 aliphatic rings. The summed E-state index contributed by atoms with van der Waals surface area (Å²) in [5.74, 6) is -2.81. The normalized spacial score (nSPS) is 18.8. The van der Waals surface area contributed by atoms with Crippen LogP contribution in [0.5, 0.6) is 5.75 Å². The summed E-state index contributed by atoms with van der Waals surface area (Å²) in [4.78, 5) is 51.8. The molecule has 4 heterocycles. The molecule has 0 aliphatic carbocycles. The quantitative estimate of drug-likeness (QED) is 0.184. The number of nitrogens with zero attached hydrogens (tertiary/aromatic N) is 4. The minimum Gasteiger partial charge on any atom is -0.487 e. The molecular weight excluding hydrogens is 730 g/mol. The maximum Gasteiger partial charge on any atom is 0.326 e. The van der Waals surface area contributed by atoms with E-state index in [1.807, 2.05) is 54.2 Å². The molecule has 3 saturated heterocycles. The number of piperidine rings is 2. The highest BCUT2D eigenvalue weighted by Gasteiger charge is 2.38. The number of halogens is 1. The Bertz CT molecular complexity index is 2480. The second-order valence-corrected chi connectivity index (χ2v) is 15.8. The van der Waals surface area contributed by atoms with Crippen molar-refractivity contribution in [1.82, 2.24) is 19.8 Å². The van der Waals surface area contributed by atoms with Crippen molar-refractivity contribution >= 4 is 72.6 Å². The number of carbonyl (C=O) groups is 4. The predicted octanol–water partition coefficient (Wildman–Crippen LogP) is 4.39. The third-order valence-corrected chi connectivity index (χ3v) is 11.9. The largest absolute Gasteiger partial charge is 0.487 e. The zero-order valence-electron chi connectivity index (χ0n) is 29.9. The molecule has 0 bridgehead atoms. The number of nitrogens with one attached hydrogen (secondary N) is 3. The number of hydrogen-bond donors (Lipinski definition) is 3. The van der Waals surface area contributed by atoms with Gasteiger partial charge in [-0.1, -0.05) is 30.3 Å². The van der Waals surface area contributed by atoms with E-state index in [-0.39, 0.29) is 53.5 Å². The summed E-state index contributed by atoms with van der Waals surface area (Å²) >= 11 is 0. The van der Waals surface area contributed by atoms with Crippen molar-refractivity contribution in [3.8, 4) is 5.75 Å². The van der Waals surface area contributed by atoms with Crippen LogP contribution in [0.4, 0.5) is 21.5 Å². The van der Waals surface area contributed by atoms with Crippen molar-refractivity contribution in [2.45, 2.75) is 44.6 Å². The van der Waals surface area contributed by atoms with Crippen LogP contribution in [-0.4, -0.2) is 61.5 Å². The Morgan fingerprint density at radius 3 is 2.45 bits per heavy atom. The summed E-state index contributed by atoms with van der Waals surface area (Å²) in [5, 5.41) is 11.4. The summed E-state index contributed by atoms with van der Waals surface area (Å²) in [6.07, 6.45) is 2.60. The van der Waals surface area contributed by atoms with Crippen LogP contribution >= 0.6 is 0 Å². The zero-order valence-corrected chi connectivity index (χ0v) is 30.7. The van der Waals surface area contributed by atoms with Crippen LogP contribution < -0.4 is 29.3 Å². The zero-order chi connectivity index (χ0) is 38.4. The standard InChI is InChI=1S/C39H38FN7O7S/c1-45-31-20-27(8-10-29(31)37(43-45)30-11-12-33(48)42-39(30)51)46-15-13-23(14-16-46)17-34(49)41-26-7-9-28-25(18-26)19-32(54-22-24-5-3-2-4-6-24)38(36(28)40)47-21-35(50)44-55(47,52)53/h2-10,18-20,23,30H,11-17,21-22H2,1H3,(H,41,49)(H,44,50)(H,42,48,51)/t30-/m1/s1. The molecule has 14 nitrogen and oxygen atoms in total. The molecule has 0 radical (unpaired) electrons. The minimum absolute atomic E-state index is 0.0206. The van der Waals surface area contributed by atoms with E-state index in [1.165, 1.54) is 12.1 Å². The molecule has 3 aliphatic heterocycles. The summed E-state index contributed by atoms with van der Waals surface area (Å²) in [7, 11) is -2.49. The third-order valence-electron chi connectivity index (χ3n) is 10.5. The highest BCUT2D eigenvalue weighted by atomic mass is 32.2. The highest BCUT2D eigenvalue weighted by Crippen LogP contribution is 2.41. The van der Waals surface area contributed by atoms with Gasteiger partial charge in [0.1, 0.15) is 24.6 Å². The Labute approximate surface area is 315 Å². The molecule has 0 spiro atoms. The van der Waals surface area contributed by atoms with E-state index < -0.39 is 34.4 Å². The second-order valence-electron chi connectivity index (χ2n) is 14.2. The average Bonchev–Trinajstić information content (AvgIpc) is 3.63. The Kier molecular flexibility index (Phi) is 9.37. The molecule has 55 heavy (non-hydrogen) atoms. The van der Waals surface area contributed by atoms with Crippen molar-refractivity contribution in [2.75, 3.05) is 34.2 Å². The van der Waals surface area contributed by atoms with Gasteiger partial charge in [-0.3, -0.25) is 29.2 Å². The summed E-state index contributed by atoms with van der Waals surface area (Å²) in [6, 6.07) is 21.3. The summed E-state index contributed by atoms with van der Waals surface area (Å²) in [5.41, 5.74) is 3.44. The monoisotopic (exact) mass is 767 g/mol. The first-order chi connectivity index (χ1) is 26.4. The van der Waals surface area contributed by atoms with Crippen LogP contribution in [0.2, 0.25) is 0 Å². The van der Waals surface area contributed by atoms with E-state index in [2.05, 4.69) is 26.7 Å². The Balaban J connectivity index is 0.938. The lowest BCUT2D eigenvalue weighted by molar-refractivity contribution is -0.134. The number of fused-ring (bicyclic) bond motifs is 2. The van der Waals surface area contributed by atoms with Crippen molar-refractivity contribution in [3.63, 3.8) is 0 Å². The molecule has 4 aromatic carbocycles. The van der Waals surface area contributed by atoms with Gasteiger partial charge in [-0.15, -0.1) is 0 Å². The number of rotatable bonds is 9. The van der Waals surface area contributed by atoms with E-state index in [0.29, 0.717) is 33.9 Å². The average molecular weight is 768 g/mol. The van der Waals surface area contributed by atoms with Gasteiger partial charge in [-0.25, -0.2) is 13.4 Å². The third kappa shape index (κ3) is 7.16. The number of carbonyl (C=O) groups excluding carboxylic acids is 4. The Hall–Kier alpha value is -6.03. The smallest absolute Gasteiger partial charge is 0.326 e. The van der Waals surface area contributed by atoms with Crippen LogP contribution in [0, 0.1) is 11.7 Å². The number of aryl methyl sites for hydroxylation is 1. The molecule has 3 N–H and O–H groups in total. The molecule has 4 amide bonds. The van der Waals surface area contributed by atoms with E-state index in [4.69, 9.17) is 4.74 Å². The summed E-state index contributed by atoms with van der Waals surface area (Å²) < 4.78 is 52.0. The van der Waals surface area contributed by atoms with Crippen LogP contribution in [0.1, 0.15) is 49.3 Å². The lowest BCUT2D eigenvalue weighted by Gasteiger charge is -2.33. The van der Waals surface area contributed by atoms with Crippen LogP contribution in [0.3, 0.4) is 0 Å². The molecule has 16 heteroatoms. The van der Waals surface area contributed by atoms with Crippen molar-refractivity contribution in [2.24, 2.45) is 13.0 Å². The van der Waals surface area contributed by atoms with E-state index in [1.54, 1.807) is 16.8 Å². The first kappa shape index (κ1) is 36.0. The van der Waals surface area contributed by atoms with Gasteiger partial charge in [0, 0.05) is 55.1 Å². The highest BCUT2D eigenvalue weighted by molar-refractivity contribution is 7.92. The van der Waals surface area contributed by atoms with Crippen LogP contribution in [-0.2, 0) is 43.0 Å². The molecule has 284 valence electrons. The fraction of sp³-hybridized carbons (Fsp3) is 0.308. The van der Waals surface area contributed by atoms with Gasteiger partial charge in [0.15, 0.2) is 5.82 Å². The van der Waals surface area contributed by atoms with Gasteiger partial charge >= 0.3 is 10.2 Å². The van der Waals surface area contributed by atoms with Crippen molar-refractivity contribution < 1.29 is 36.7 Å². The molecule has 0 saturated carbocycles. The fourth-order valence-electron chi connectivity index (χ4n) is 7.68. The molecule has 1 aromatic heterocycles. The molecule has 0 unspecified atom stereocenters. The predicted molar refractivity (Wildman–Crippen MR) is 203 cm³/mol. The Morgan fingerprint density at radius 1 is 0.964 bits per heavy atom. The van der Waals surface area contributed by atoms with E-state index in [0.717, 1.165) is 48.1 Å². The topological polar surface area (TPSA) is 172 Å². The Morgan fingerprint density at radius 2 is 1.73 bits per heavy atom. The number of benzene rings is 4. The van der Waals surface area contributed by atoms with E-state index in [9.17, 15) is 27.6 Å². The molecule has 1 atom stereocenters. The molecule has 3 fully saturated rings. The minimum atomic E-state index is -4.33. The summed E-state index contributed by atoms with van der Waals surface area (Å²) in [6.45, 7) is 0.927. The van der Waals surface area contributed by atoms with Gasteiger partial charge in [0.2, 0.25) is 17.7 Å². The van der Waals surface area contributed by atoms with Crippen molar-refractivity contribution in [3.05, 3.63) is 89.9 Å². The van der Waals surface area contributed by atoms with Gasteiger partial charge in [0.05, 0.1) is 17.1 Å². The lowest BCUT2D eigenvalue weighted by Crippen LogP contribution is -2.39. The van der Waals surface area contributed by atoms with E-state index >= 15 is 4.39 Å². The van der Waals surface area contributed by atoms with Gasteiger partial charge in [-0.05, 0) is 78.6 Å². The van der Waals surface area contributed by atoms with Crippen molar-refractivity contribution in [1.29, 1.82) is 0 Å². The maximum absolute atomic E-state index is 16.2. The molecule has 5 aromatic rings.